The summed E-state index contributed by atoms with van der Waals surface area (Å²) in [7, 11) is 0. The second-order valence-electron chi connectivity index (χ2n) is 4.45. The molecule has 0 aliphatic carbocycles. The number of carbonyl (C=O) groups excluding carboxylic acids is 1. The molecule has 0 aliphatic rings. The Kier molecular flexibility index (Phi) is 4.00. The molecule has 0 atom stereocenters. The third-order valence-electron chi connectivity index (χ3n) is 3.02. The lowest BCUT2D eigenvalue weighted by molar-refractivity contribution is 0.0692. The highest BCUT2D eigenvalue weighted by Crippen LogP contribution is 2.18. The molecule has 0 heterocycles. The number of carboxylic acid groups (broad SMARTS) is 1. The van der Waals surface area contributed by atoms with Crippen molar-refractivity contribution < 1.29 is 14.7 Å². The minimum absolute atomic E-state index is 0.0657. The summed E-state index contributed by atoms with van der Waals surface area (Å²) in [4.78, 5) is 23.4. The van der Waals surface area contributed by atoms with Crippen LogP contribution in [0.4, 0.5) is 5.69 Å². The molecule has 0 spiro atoms. The van der Waals surface area contributed by atoms with E-state index in [2.05, 4.69) is 5.32 Å². The summed E-state index contributed by atoms with van der Waals surface area (Å²) in [5, 5.41) is 20.6. The monoisotopic (exact) mass is 280 g/mol. The maximum Gasteiger partial charge on any atom is 0.336 e. The predicted octanol–water partition coefficient (Wildman–Crippen LogP) is 2.82. The minimum atomic E-state index is -1.16. The molecule has 104 valence electrons. The summed E-state index contributed by atoms with van der Waals surface area (Å²) in [5.74, 6) is -1.69. The van der Waals surface area contributed by atoms with Crippen LogP contribution in [0.3, 0.4) is 0 Å². The fourth-order valence-electron chi connectivity index (χ4n) is 1.88. The number of rotatable bonds is 3. The number of nitrogens with zero attached hydrogens (tertiary/aromatic N) is 1. The number of aryl methyl sites for hydroxylation is 1. The van der Waals surface area contributed by atoms with Crippen LogP contribution in [0.5, 0.6) is 0 Å². The molecule has 1 amide bonds. The van der Waals surface area contributed by atoms with Crippen molar-refractivity contribution in [3.8, 4) is 6.07 Å². The average molecular weight is 280 g/mol. The van der Waals surface area contributed by atoms with E-state index >= 15 is 0 Å². The van der Waals surface area contributed by atoms with E-state index in [9.17, 15) is 9.59 Å². The van der Waals surface area contributed by atoms with Gasteiger partial charge in [0, 0.05) is 5.69 Å². The topological polar surface area (TPSA) is 90.2 Å². The lowest BCUT2D eigenvalue weighted by Gasteiger charge is -2.10. The third kappa shape index (κ3) is 3.07. The van der Waals surface area contributed by atoms with E-state index in [1.165, 1.54) is 12.1 Å². The second-order valence-corrected chi connectivity index (χ2v) is 4.45. The van der Waals surface area contributed by atoms with Gasteiger partial charge >= 0.3 is 5.97 Å². The van der Waals surface area contributed by atoms with Crippen LogP contribution in [0.1, 0.15) is 31.8 Å². The van der Waals surface area contributed by atoms with E-state index in [-0.39, 0.29) is 11.1 Å². The van der Waals surface area contributed by atoms with Gasteiger partial charge < -0.3 is 10.4 Å². The molecule has 0 aromatic heterocycles. The van der Waals surface area contributed by atoms with Crippen LogP contribution < -0.4 is 5.32 Å². The molecule has 5 heteroatoms. The average Bonchev–Trinajstić information content (AvgIpc) is 2.49. The molecule has 5 nitrogen and oxygen atoms in total. The molecule has 0 saturated carbocycles. The predicted molar refractivity (Wildman–Crippen MR) is 77.2 cm³/mol. The molecule has 0 radical (unpaired) electrons. The molecular weight excluding hydrogens is 268 g/mol. The number of hydrogen-bond donors (Lipinski definition) is 2. The van der Waals surface area contributed by atoms with Gasteiger partial charge in [-0.25, -0.2) is 4.79 Å². The van der Waals surface area contributed by atoms with Gasteiger partial charge in [0.2, 0.25) is 0 Å². The first-order valence-electron chi connectivity index (χ1n) is 6.17. The van der Waals surface area contributed by atoms with Crippen molar-refractivity contribution in [2.75, 3.05) is 5.32 Å². The zero-order chi connectivity index (χ0) is 15.4. The van der Waals surface area contributed by atoms with Crippen LogP contribution >= 0.6 is 0 Å². The number of amides is 1. The molecule has 0 saturated heterocycles. The lowest BCUT2D eigenvalue weighted by Crippen LogP contribution is -2.17. The first-order valence-corrected chi connectivity index (χ1v) is 6.17. The summed E-state index contributed by atoms with van der Waals surface area (Å²) in [6.07, 6.45) is 0. The third-order valence-corrected chi connectivity index (χ3v) is 3.02. The normalized spacial score (nSPS) is 9.71. The smallest absolute Gasteiger partial charge is 0.336 e. The summed E-state index contributed by atoms with van der Waals surface area (Å²) in [5.41, 5.74) is 1.70. The Hall–Kier alpha value is -3.13. The quantitative estimate of drug-likeness (QED) is 0.904. The second kappa shape index (κ2) is 5.88. The van der Waals surface area contributed by atoms with Crippen LogP contribution in [0.15, 0.2) is 42.5 Å². The van der Waals surface area contributed by atoms with Crippen molar-refractivity contribution in [2.45, 2.75) is 6.92 Å². The molecule has 2 aromatic rings. The Labute approximate surface area is 121 Å². The number of nitriles is 1. The van der Waals surface area contributed by atoms with Crippen LogP contribution in [0, 0.1) is 18.3 Å². The fraction of sp³-hybridized carbons (Fsp3) is 0.0625. The molecule has 2 N–H and O–H groups in total. The van der Waals surface area contributed by atoms with E-state index in [0.29, 0.717) is 11.3 Å². The number of benzene rings is 2. The van der Waals surface area contributed by atoms with E-state index in [1.807, 2.05) is 6.07 Å². The van der Waals surface area contributed by atoms with Crippen molar-refractivity contribution in [1.82, 2.24) is 0 Å². The SMILES string of the molecule is Cc1ccc(C#N)cc1NC(=O)c1ccccc1C(=O)O. The molecule has 0 unspecified atom stereocenters. The van der Waals surface area contributed by atoms with Gasteiger partial charge in [-0.1, -0.05) is 18.2 Å². The summed E-state index contributed by atoms with van der Waals surface area (Å²) in [6, 6.07) is 12.9. The number of hydrogen-bond acceptors (Lipinski definition) is 3. The van der Waals surface area contributed by atoms with Crippen LogP contribution in [0.2, 0.25) is 0 Å². The van der Waals surface area contributed by atoms with Gasteiger partial charge in [-0.15, -0.1) is 0 Å². The standard InChI is InChI=1S/C16H12N2O3/c1-10-6-7-11(9-17)8-14(10)18-15(19)12-4-2-3-5-13(12)16(20)21/h2-8H,1H3,(H,18,19)(H,20,21). The molecule has 0 bridgehead atoms. The zero-order valence-electron chi connectivity index (χ0n) is 11.3. The van der Waals surface area contributed by atoms with Gasteiger partial charge in [0.25, 0.3) is 5.91 Å². The van der Waals surface area contributed by atoms with Crippen molar-refractivity contribution in [3.05, 3.63) is 64.7 Å². The number of carbonyl (C=O) groups is 2. The molecule has 2 aromatic carbocycles. The highest BCUT2D eigenvalue weighted by Gasteiger charge is 2.16. The number of nitrogens with one attached hydrogen (secondary N) is 1. The minimum Gasteiger partial charge on any atom is -0.478 e. The van der Waals surface area contributed by atoms with Gasteiger partial charge in [0.1, 0.15) is 0 Å². The fourth-order valence-corrected chi connectivity index (χ4v) is 1.88. The maximum absolute atomic E-state index is 12.2. The number of carboxylic acids is 1. The van der Waals surface area contributed by atoms with Crippen molar-refractivity contribution in [2.24, 2.45) is 0 Å². The first kappa shape index (κ1) is 14.3. The molecule has 0 fully saturated rings. The Morgan fingerprint density at radius 1 is 1.14 bits per heavy atom. The Balaban J connectivity index is 2.35. The van der Waals surface area contributed by atoms with Gasteiger partial charge in [0.05, 0.1) is 22.8 Å². The van der Waals surface area contributed by atoms with E-state index in [0.717, 1.165) is 5.56 Å². The summed E-state index contributed by atoms with van der Waals surface area (Å²) < 4.78 is 0. The van der Waals surface area contributed by atoms with E-state index in [1.54, 1.807) is 37.3 Å². The zero-order valence-corrected chi connectivity index (χ0v) is 11.3. The van der Waals surface area contributed by atoms with Gasteiger partial charge in [-0.3, -0.25) is 4.79 Å². The largest absolute Gasteiger partial charge is 0.478 e. The Morgan fingerprint density at radius 3 is 2.43 bits per heavy atom. The Morgan fingerprint density at radius 2 is 1.81 bits per heavy atom. The highest BCUT2D eigenvalue weighted by atomic mass is 16.4. The van der Waals surface area contributed by atoms with Crippen molar-refractivity contribution in [1.29, 1.82) is 5.26 Å². The lowest BCUT2D eigenvalue weighted by atomic mass is 10.1. The molecule has 0 aliphatic heterocycles. The molecule has 2 rings (SSSR count). The van der Waals surface area contributed by atoms with Gasteiger partial charge in [-0.2, -0.15) is 5.26 Å². The maximum atomic E-state index is 12.2. The number of anilines is 1. The Bertz CT molecular complexity index is 760. The summed E-state index contributed by atoms with van der Waals surface area (Å²) >= 11 is 0. The molecule has 21 heavy (non-hydrogen) atoms. The molecular formula is C16H12N2O3. The first-order chi connectivity index (χ1) is 10.0. The van der Waals surface area contributed by atoms with Gasteiger partial charge in [0.15, 0.2) is 0 Å². The summed E-state index contributed by atoms with van der Waals surface area (Å²) in [6.45, 7) is 1.79. The van der Waals surface area contributed by atoms with E-state index < -0.39 is 11.9 Å². The van der Waals surface area contributed by atoms with Crippen LogP contribution in [-0.2, 0) is 0 Å². The van der Waals surface area contributed by atoms with Crippen LogP contribution in [0.25, 0.3) is 0 Å². The number of aromatic carboxylic acids is 1. The van der Waals surface area contributed by atoms with Gasteiger partial charge in [-0.05, 0) is 36.8 Å². The van der Waals surface area contributed by atoms with Crippen LogP contribution in [-0.4, -0.2) is 17.0 Å². The van der Waals surface area contributed by atoms with E-state index in [4.69, 9.17) is 10.4 Å². The van der Waals surface area contributed by atoms with Crippen molar-refractivity contribution >= 4 is 17.6 Å². The highest BCUT2D eigenvalue weighted by molar-refractivity contribution is 6.10. The van der Waals surface area contributed by atoms with Crippen molar-refractivity contribution in [3.63, 3.8) is 0 Å².